The summed E-state index contributed by atoms with van der Waals surface area (Å²) in [5, 5.41) is 0. The lowest BCUT2D eigenvalue weighted by molar-refractivity contribution is 0.00578. The number of rotatable bonds is 2. The molecule has 6 heteroatoms. The first kappa shape index (κ1) is 6.32. The van der Waals surface area contributed by atoms with Crippen molar-refractivity contribution < 1.29 is 23.0 Å². The van der Waals surface area contributed by atoms with E-state index >= 15 is 0 Å². The van der Waals surface area contributed by atoms with E-state index in [1.54, 1.807) is 27.7 Å². The molecule has 2 aliphatic rings. The van der Waals surface area contributed by atoms with E-state index in [-0.39, 0.29) is 10.4 Å². The lowest BCUT2D eigenvalue weighted by Crippen LogP contribution is -2.41. The molecule has 1 aromatic heterocycles. The van der Waals surface area contributed by atoms with Gasteiger partial charge in [-0.1, -0.05) is 0 Å². The van der Waals surface area contributed by atoms with Crippen LogP contribution < -0.4 is 10.4 Å². The van der Waals surface area contributed by atoms with Crippen molar-refractivity contribution in [1.29, 1.82) is 0 Å². The van der Waals surface area contributed by atoms with E-state index in [1.807, 2.05) is 0 Å². The van der Waals surface area contributed by atoms with Gasteiger partial charge in [0.25, 0.3) is 0 Å². The van der Waals surface area contributed by atoms with Crippen molar-refractivity contribution >= 4 is 18.5 Å². The number of hydrogen-bond donors (Lipinski definition) is 0. The van der Waals surface area contributed by atoms with Crippen LogP contribution >= 0.6 is 0 Å². The average molecular weight is 285 g/mol. The van der Waals surface area contributed by atoms with Crippen LogP contribution in [0.3, 0.4) is 0 Å². The molecule has 3 rings (SSSR count). The van der Waals surface area contributed by atoms with Crippen molar-refractivity contribution in [3.05, 3.63) is 12.3 Å². The van der Waals surface area contributed by atoms with Crippen LogP contribution in [0, 0.1) is 0 Å². The van der Waals surface area contributed by atoms with Crippen molar-refractivity contribution in [1.82, 2.24) is 9.97 Å². The molecule has 0 radical (unpaired) electrons. The third-order valence-electron chi connectivity index (χ3n) is 3.64. The highest BCUT2D eigenvalue weighted by atomic mass is 16.7. The second kappa shape index (κ2) is 4.70. The molecule has 0 amide bonds. The Hall–Kier alpha value is -1.14. The van der Waals surface area contributed by atoms with E-state index in [4.69, 9.17) is 23.0 Å². The van der Waals surface area contributed by atoms with Gasteiger partial charge in [-0.05, 0) is 40.4 Å². The molecule has 2 saturated heterocycles. The van der Waals surface area contributed by atoms with Crippen LogP contribution in [0.25, 0.3) is 0 Å². The van der Waals surface area contributed by atoms with Gasteiger partial charge in [0.15, 0.2) is 0 Å². The highest BCUT2D eigenvalue weighted by Crippen LogP contribution is 2.36. The Kier molecular flexibility index (Phi) is 1.49. The van der Waals surface area contributed by atoms with Gasteiger partial charge in [-0.15, -0.1) is 0 Å². The standard InChI is InChI=1S/C14H22BN3O2/c1-13(2)14(3,4)20-15(19-13)11-9-16-12(17-10-11)18-7-5-6-8-18/h9-10H,5-8H2,1-4H3/i5D2,6D2,7D2,8D2,9D,10D. The van der Waals surface area contributed by atoms with Gasteiger partial charge in [0.1, 0.15) is 0 Å². The van der Waals surface area contributed by atoms with Crippen molar-refractivity contribution in [3.8, 4) is 0 Å². The molecule has 0 bridgehead atoms. The third-order valence-corrected chi connectivity index (χ3v) is 3.64. The summed E-state index contributed by atoms with van der Waals surface area (Å²) in [6, 6.07) is 0. The van der Waals surface area contributed by atoms with E-state index in [9.17, 15) is 0 Å². The molecule has 20 heavy (non-hydrogen) atoms. The summed E-state index contributed by atoms with van der Waals surface area (Å²) in [5.41, 5.74) is -1.69. The number of nitrogens with zero attached hydrogens (tertiary/aromatic N) is 3. The van der Waals surface area contributed by atoms with Crippen LogP contribution in [0.15, 0.2) is 12.3 Å². The van der Waals surface area contributed by atoms with Crippen LogP contribution in [0.5, 0.6) is 0 Å². The highest BCUT2D eigenvalue weighted by Gasteiger charge is 2.51. The molecule has 0 atom stereocenters. The molecule has 2 aliphatic heterocycles. The Morgan fingerprint density at radius 2 is 1.65 bits per heavy atom. The quantitative estimate of drug-likeness (QED) is 0.768. The molecule has 1 aromatic rings. The van der Waals surface area contributed by atoms with Crippen LogP contribution in [0.4, 0.5) is 5.95 Å². The zero-order chi connectivity index (χ0) is 23.3. The summed E-state index contributed by atoms with van der Waals surface area (Å²) >= 11 is 0. The highest BCUT2D eigenvalue weighted by molar-refractivity contribution is 6.61. The Labute approximate surface area is 134 Å². The first-order valence-corrected chi connectivity index (χ1v) is 6.23. The third kappa shape index (κ3) is 2.31. The van der Waals surface area contributed by atoms with Gasteiger partial charge in [0.05, 0.1) is 13.9 Å². The predicted octanol–water partition coefficient (Wildman–Crippen LogP) is 1.38. The predicted molar refractivity (Wildman–Crippen MR) is 79.2 cm³/mol. The summed E-state index contributed by atoms with van der Waals surface area (Å²) in [6.45, 7) is 0.676. The Morgan fingerprint density at radius 1 is 1.15 bits per heavy atom. The molecule has 0 aromatic carbocycles. The van der Waals surface area contributed by atoms with Gasteiger partial charge in [-0.3, -0.25) is 0 Å². The van der Waals surface area contributed by atoms with Gasteiger partial charge in [0, 0.05) is 41.8 Å². The topological polar surface area (TPSA) is 47.5 Å². The van der Waals surface area contributed by atoms with E-state index < -0.39 is 62.4 Å². The molecule has 2 fully saturated rings. The fourth-order valence-corrected chi connectivity index (χ4v) is 1.73. The fourth-order valence-electron chi connectivity index (χ4n) is 1.73. The zero-order valence-electron chi connectivity index (χ0n) is 21.7. The lowest BCUT2D eigenvalue weighted by Gasteiger charge is -2.32. The molecule has 0 N–H and O–H groups in total. The number of anilines is 1. The SMILES string of the molecule is [2H]c1nc(N2C([2H])([2H])C([2H])([2H])C([2H])([2H])C2([2H])[2H])nc([2H])c1B1OC(C)(C)C(C)(C)O1. The molecule has 0 aliphatic carbocycles. The van der Waals surface area contributed by atoms with Gasteiger partial charge in [-0.25, -0.2) is 9.97 Å². The van der Waals surface area contributed by atoms with Gasteiger partial charge >= 0.3 is 7.12 Å². The minimum absolute atomic E-state index is 0.115. The molecule has 0 spiro atoms. The minimum Gasteiger partial charge on any atom is -0.399 e. The van der Waals surface area contributed by atoms with E-state index in [0.717, 1.165) is 0 Å². The summed E-state index contributed by atoms with van der Waals surface area (Å²) < 4.78 is 91.6. The van der Waals surface area contributed by atoms with E-state index in [2.05, 4.69) is 9.97 Å². The zero-order valence-corrected chi connectivity index (χ0v) is 11.7. The van der Waals surface area contributed by atoms with Gasteiger partial charge in [-0.2, -0.15) is 0 Å². The molecule has 3 heterocycles. The Balaban J connectivity index is 2.11. The fraction of sp³-hybridized carbons (Fsp3) is 0.714. The van der Waals surface area contributed by atoms with Crippen molar-refractivity contribution in [3.63, 3.8) is 0 Å². The minimum atomic E-state index is -3.28. The largest absolute Gasteiger partial charge is 0.498 e. The molecule has 5 nitrogen and oxygen atoms in total. The van der Waals surface area contributed by atoms with Crippen molar-refractivity contribution in [2.75, 3.05) is 17.9 Å². The van der Waals surface area contributed by atoms with Gasteiger partial charge < -0.3 is 14.2 Å². The Bertz CT molecular complexity index is 830. The van der Waals surface area contributed by atoms with E-state index in [0.29, 0.717) is 0 Å². The summed E-state index contributed by atoms with van der Waals surface area (Å²) in [4.78, 5) is 7.65. The molecule has 108 valence electrons. The molecule has 0 saturated carbocycles. The maximum absolute atomic E-state index is 8.21. The lowest BCUT2D eigenvalue weighted by atomic mass is 9.81. The van der Waals surface area contributed by atoms with Crippen LogP contribution in [-0.2, 0) is 9.31 Å². The second-order valence-electron chi connectivity index (χ2n) is 5.56. The normalized spacial score (nSPS) is 41.8. The van der Waals surface area contributed by atoms with Gasteiger partial charge in [0.2, 0.25) is 5.95 Å². The first-order chi connectivity index (χ1) is 13.2. The monoisotopic (exact) mass is 285 g/mol. The maximum atomic E-state index is 8.21. The summed E-state index contributed by atoms with van der Waals surface area (Å²) in [6.07, 6.45) is -7.74. The molecular weight excluding hydrogens is 253 g/mol. The second-order valence-corrected chi connectivity index (χ2v) is 5.56. The smallest absolute Gasteiger partial charge is 0.399 e. The first-order valence-electron chi connectivity index (χ1n) is 11.2. The molecular formula is C14H22BN3O2. The maximum Gasteiger partial charge on any atom is 0.498 e. The number of hydrogen-bond acceptors (Lipinski definition) is 5. The van der Waals surface area contributed by atoms with Crippen LogP contribution in [0.1, 0.15) is 54.1 Å². The van der Waals surface area contributed by atoms with Crippen LogP contribution in [-0.4, -0.2) is 41.3 Å². The molecule has 0 unspecified atom stereocenters. The summed E-state index contributed by atoms with van der Waals surface area (Å²) in [7, 11) is -1.16. The van der Waals surface area contributed by atoms with Crippen LogP contribution in [0.2, 0.25) is 0 Å². The van der Waals surface area contributed by atoms with Crippen molar-refractivity contribution in [2.24, 2.45) is 0 Å². The van der Waals surface area contributed by atoms with E-state index in [1.165, 1.54) is 0 Å². The average Bonchev–Trinajstić information content (AvgIpc) is 2.76. The Morgan fingerprint density at radius 3 is 2.15 bits per heavy atom. The van der Waals surface area contributed by atoms with Crippen molar-refractivity contribution in [2.45, 2.75) is 51.6 Å². The number of aromatic nitrogens is 2. The summed E-state index contributed by atoms with van der Waals surface area (Å²) in [5.74, 6) is -0.814.